The minimum absolute atomic E-state index is 0.489. The number of fused-ring (bicyclic) bond motifs is 1. The van der Waals surface area contributed by atoms with Crippen LogP contribution < -0.4 is 5.73 Å². The molecule has 2 aromatic rings. The molecule has 0 aliphatic heterocycles. The van der Waals surface area contributed by atoms with Gasteiger partial charge in [0.05, 0.1) is 17.1 Å². The van der Waals surface area contributed by atoms with Crippen LogP contribution in [0.25, 0.3) is 11.0 Å². The van der Waals surface area contributed by atoms with Crippen LogP contribution in [0.3, 0.4) is 0 Å². The van der Waals surface area contributed by atoms with Crippen LogP contribution in [0.15, 0.2) is 12.5 Å². The second kappa shape index (κ2) is 3.75. The fraction of sp³-hybridized carbons (Fsp3) is 0.615. The van der Waals surface area contributed by atoms with Gasteiger partial charge in [0.25, 0.3) is 0 Å². The van der Waals surface area contributed by atoms with E-state index < -0.39 is 0 Å². The Kier molecular flexibility index (Phi) is 2.17. The lowest BCUT2D eigenvalue weighted by Crippen LogP contribution is -2.32. The predicted molar refractivity (Wildman–Crippen MR) is 68.1 cm³/mol. The smallest absolute Gasteiger partial charge is 0.161 e. The maximum absolute atomic E-state index is 5.69. The maximum atomic E-state index is 5.69. The van der Waals surface area contributed by atoms with Crippen molar-refractivity contribution >= 4 is 11.0 Å². The van der Waals surface area contributed by atoms with Gasteiger partial charge < -0.3 is 5.73 Å². The molecule has 2 N–H and O–H groups in total. The van der Waals surface area contributed by atoms with Crippen LogP contribution in [0.5, 0.6) is 0 Å². The van der Waals surface area contributed by atoms with Crippen molar-refractivity contribution in [2.24, 2.45) is 11.7 Å². The van der Waals surface area contributed by atoms with Gasteiger partial charge in [-0.1, -0.05) is 0 Å². The van der Waals surface area contributed by atoms with E-state index in [1.54, 1.807) is 6.33 Å². The Morgan fingerprint density at radius 3 is 2.89 bits per heavy atom. The van der Waals surface area contributed by atoms with E-state index >= 15 is 0 Å². The Bertz CT molecular complexity index is 580. The SMILES string of the molecule is NCC1CC(n2nc(C3CC3)c3cncnc32)C1. The summed E-state index contributed by atoms with van der Waals surface area (Å²) in [5, 5.41) is 5.96. The van der Waals surface area contributed by atoms with Crippen LogP contribution in [0, 0.1) is 5.92 Å². The molecule has 2 aliphatic rings. The van der Waals surface area contributed by atoms with Gasteiger partial charge in [0.15, 0.2) is 5.65 Å². The third kappa shape index (κ3) is 1.47. The van der Waals surface area contributed by atoms with Crippen molar-refractivity contribution in [1.82, 2.24) is 19.7 Å². The second-order valence-electron chi connectivity index (χ2n) is 5.59. The molecule has 2 fully saturated rings. The first-order valence-corrected chi connectivity index (χ1v) is 6.75. The van der Waals surface area contributed by atoms with Gasteiger partial charge in [-0.3, -0.25) is 0 Å². The van der Waals surface area contributed by atoms with Gasteiger partial charge in [-0.25, -0.2) is 14.6 Å². The topological polar surface area (TPSA) is 69.6 Å². The Hall–Kier alpha value is -1.49. The molecule has 0 spiro atoms. The van der Waals surface area contributed by atoms with Gasteiger partial charge in [0.1, 0.15) is 6.33 Å². The lowest BCUT2D eigenvalue weighted by Gasteiger charge is -2.34. The summed E-state index contributed by atoms with van der Waals surface area (Å²) in [6.07, 6.45) is 8.34. The van der Waals surface area contributed by atoms with Crippen molar-refractivity contribution < 1.29 is 0 Å². The highest BCUT2D eigenvalue weighted by atomic mass is 15.3. The highest BCUT2D eigenvalue weighted by molar-refractivity contribution is 5.78. The molecule has 18 heavy (non-hydrogen) atoms. The lowest BCUT2D eigenvalue weighted by atomic mass is 9.80. The zero-order valence-electron chi connectivity index (χ0n) is 10.3. The van der Waals surface area contributed by atoms with Crippen LogP contribution >= 0.6 is 0 Å². The quantitative estimate of drug-likeness (QED) is 0.889. The predicted octanol–water partition coefficient (Wildman–Crippen LogP) is 1.61. The van der Waals surface area contributed by atoms with E-state index in [1.165, 1.54) is 18.5 Å². The standard InChI is InChI=1S/C13H17N5/c14-5-8-3-10(4-8)18-13-11(6-15-7-16-13)12(17-18)9-1-2-9/h6-10H,1-5,14H2. The first kappa shape index (κ1) is 10.4. The Morgan fingerprint density at radius 1 is 1.33 bits per heavy atom. The van der Waals surface area contributed by atoms with Crippen molar-refractivity contribution in [3.8, 4) is 0 Å². The molecule has 5 heteroatoms. The summed E-state index contributed by atoms with van der Waals surface area (Å²) in [7, 11) is 0. The highest BCUT2D eigenvalue weighted by Gasteiger charge is 2.35. The molecule has 2 saturated carbocycles. The molecule has 0 saturated heterocycles. The molecule has 2 aromatic heterocycles. The van der Waals surface area contributed by atoms with Crippen molar-refractivity contribution in [2.75, 3.05) is 6.54 Å². The van der Waals surface area contributed by atoms with Gasteiger partial charge in [-0.15, -0.1) is 0 Å². The van der Waals surface area contributed by atoms with Crippen molar-refractivity contribution in [3.05, 3.63) is 18.2 Å². The molecule has 2 aliphatic carbocycles. The average molecular weight is 243 g/mol. The van der Waals surface area contributed by atoms with E-state index in [0.717, 1.165) is 30.4 Å². The number of aromatic nitrogens is 4. The van der Waals surface area contributed by atoms with E-state index in [-0.39, 0.29) is 0 Å². The molecule has 4 rings (SSSR count). The van der Waals surface area contributed by atoms with Crippen LogP contribution in [0.2, 0.25) is 0 Å². The largest absolute Gasteiger partial charge is 0.330 e. The molecule has 0 bridgehead atoms. The normalized spacial score (nSPS) is 27.4. The summed E-state index contributed by atoms with van der Waals surface area (Å²) >= 11 is 0. The van der Waals surface area contributed by atoms with Gasteiger partial charge >= 0.3 is 0 Å². The minimum Gasteiger partial charge on any atom is -0.330 e. The van der Waals surface area contributed by atoms with Gasteiger partial charge in [-0.2, -0.15) is 5.10 Å². The third-order valence-electron chi connectivity index (χ3n) is 4.25. The molecular formula is C13H17N5. The van der Waals surface area contributed by atoms with Crippen molar-refractivity contribution in [3.63, 3.8) is 0 Å². The van der Waals surface area contributed by atoms with Crippen LogP contribution in [-0.4, -0.2) is 26.3 Å². The fourth-order valence-corrected chi connectivity index (χ4v) is 2.91. The van der Waals surface area contributed by atoms with E-state index in [2.05, 4.69) is 14.6 Å². The Morgan fingerprint density at radius 2 is 2.17 bits per heavy atom. The van der Waals surface area contributed by atoms with Gasteiger partial charge in [0.2, 0.25) is 0 Å². The molecule has 0 atom stereocenters. The first-order valence-electron chi connectivity index (χ1n) is 6.75. The fourth-order valence-electron chi connectivity index (χ4n) is 2.91. The molecule has 0 aromatic carbocycles. The zero-order chi connectivity index (χ0) is 12.1. The second-order valence-corrected chi connectivity index (χ2v) is 5.59. The summed E-state index contributed by atoms with van der Waals surface area (Å²) in [4.78, 5) is 8.57. The number of rotatable bonds is 3. The van der Waals surface area contributed by atoms with Crippen LogP contribution in [0.1, 0.15) is 43.3 Å². The lowest BCUT2D eigenvalue weighted by molar-refractivity contribution is 0.193. The van der Waals surface area contributed by atoms with E-state index in [9.17, 15) is 0 Å². The molecule has 5 nitrogen and oxygen atoms in total. The number of nitrogens with two attached hydrogens (primary N) is 1. The molecule has 0 unspecified atom stereocenters. The Balaban J connectivity index is 1.76. The molecular weight excluding hydrogens is 226 g/mol. The van der Waals surface area contributed by atoms with Crippen LogP contribution in [-0.2, 0) is 0 Å². The Labute approximate surface area is 105 Å². The summed E-state index contributed by atoms with van der Waals surface area (Å²) in [6.45, 7) is 0.792. The molecule has 0 amide bonds. The van der Waals surface area contributed by atoms with E-state index in [4.69, 9.17) is 10.8 Å². The monoisotopic (exact) mass is 243 g/mol. The summed E-state index contributed by atoms with van der Waals surface area (Å²) in [5.41, 5.74) is 7.91. The maximum Gasteiger partial charge on any atom is 0.161 e. The van der Waals surface area contributed by atoms with Crippen LogP contribution in [0.4, 0.5) is 0 Å². The molecule has 0 radical (unpaired) electrons. The number of hydrogen-bond donors (Lipinski definition) is 1. The third-order valence-corrected chi connectivity index (χ3v) is 4.25. The number of hydrogen-bond acceptors (Lipinski definition) is 4. The van der Waals surface area contributed by atoms with E-state index in [1.807, 2.05) is 6.20 Å². The highest BCUT2D eigenvalue weighted by Crippen LogP contribution is 2.44. The van der Waals surface area contributed by atoms with Gasteiger partial charge in [0, 0.05) is 12.1 Å². The summed E-state index contributed by atoms with van der Waals surface area (Å²) in [5.74, 6) is 1.31. The molecule has 94 valence electrons. The first-order chi connectivity index (χ1) is 8.86. The minimum atomic E-state index is 0.489. The average Bonchev–Trinajstić information content (AvgIpc) is 3.12. The van der Waals surface area contributed by atoms with Crippen molar-refractivity contribution in [2.45, 2.75) is 37.6 Å². The zero-order valence-corrected chi connectivity index (χ0v) is 10.3. The van der Waals surface area contributed by atoms with Crippen molar-refractivity contribution in [1.29, 1.82) is 0 Å². The number of nitrogens with zero attached hydrogens (tertiary/aromatic N) is 4. The van der Waals surface area contributed by atoms with Gasteiger partial charge in [-0.05, 0) is 38.1 Å². The molecule has 2 heterocycles. The summed E-state index contributed by atoms with van der Waals surface area (Å²) < 4.78 is 2.12. The summed E-state index contributed by atoms with van der Waals surface area (Å²) in [6, 6.07) is 0.489. The van der Waals surface area contributed by atoms with E-state index in [0.29, 0.717) is 17.9 Å².